The summed E-state index contributed by atoms with van der Waals surface area (Å²) < 4.78 is 0.371. The van der Waals surface area contributed by atoms with Gasteiger partial charge in [-0.25, -0.2) is 0 Å². The normalized spacial score (nSPS) is 24.6. The quantitative estimate of drug-likeness (QED) is 0.707. The summed E-state index contributed by atoms with van der Waals surface area (Å²) in [6.07, 6.45) is 2.61. The molecule has 0 aliphatic carbocycles. The third-order valence-corrected chi connectivity index (χ3v) is 4.59. The van der Waals surface area contributed by atoms with E-state index in [1.54, 1.807) is 0 Å². The molecular formula is C12H19N3S. The third kappa shape index (κ3) is 2.55. The van der Waals surface area contributed by atoms with Crippen LogP contribution in [0, 0.1) is 0 Å². The number of hydrogen-bond acceptors (Lipinski definition) is 4. The largest absolute Gasteiger partial charge is 0.397 e. The van der Waals surface area contributed by atoms with Crippen molar-refractivity contribution in [3.63, 3.8) is 0 Å². The van der Waals surface area contributed by atoms with Crippen molar-refractivity contribution in [3.8, 4) is 0 Å². The molecule has 88 valence electrons. The molecule has 1 atom stereocenters. The number of benzene rings is 1. The number of thioether (sulfide) groups is 1. The fourth-order valence-electron chi connectivity index (χ4n) is 1.95. The van der Waals surface area contributed by atoms with Crippen LogP contribution in [-0.2, 0) is 0 Å². The number of hydrogen-bond donors (Lipinski definition) is 3. The van der Waals surface area contributed by atoms with Crippen LogP contribution < -0.4 is 16.8 Å². The number of anilines is 3. The van der Waals surface area contributed by atoms with Crippen molar-refractivity contribution in [3.05, 3.63) is 18.2 Å². The fraction of sp³-hybridized carbons (Fsp3) is 0.500. The number of rotatable bonds is 3. The van der Waals surface area contributed by atoms with Gasteiger partial charge in [0.1, 0.15) is 0 Å². The predicted molar refractivity (Wildman–Crippen MR) is 73.9 cm³/mol. The zero-order valence-electron chi connectivity index (χ0n) is 9.62. The maximum absolute atomic E-state index is 5.77. The standard InChI is InChI=1S/C12H19N3S/c1-12(5-2-6-16-12)8-15-9-3-4-10(13)11(14)7-9/h3-4,7,15H,2,5-6,8,13-14H2,1H3. The molecule has 1 unspecified atom stereocenters. The summed E-state index contributed by atoms with van der Waals surface area (Å²) in [7, 11) is 0. The molecule has 0 radical (unpaired) electrons. The lowest BCUT2D eigenvalue weighted by Gasteiger charge is -2.23. The maximum atomic E-state index is 5.77. The Balaban J connectivity index is 1.96. The van der Waals surface area contributed by atoms with E-state index in [-0.39, 0.29) is 0 Å². The Bertz CT molecular complexity index is 373. The van der Waals surface area contributed by atoms with E-state index in [1.807, 2.05) is 18.2 Å². The summed E-state index contributed by atoms with van der Waals surface area (Å²) in [4.78, 5) is 0. The molecule has 3 nitrogen and oxygen atoms in total. The SMILES string of the molecule is CC1(CNc2ccc(N)c(N)c2)CCCS1. The van der Waals surface area contributed by atoms with Gasteiger partial charge in [0, 0.05) is 17.0 Å². The van der Waals surface area contributed by atoms with Gasteiger partial charge in [-0.2, -0.15) is 11.8 Å². The summed E-state index contributed by atoms with van der Waals surface area (Å²) >= 11 is 2.05. The van der Waals surface area contributed by atoms with Crippen LogP contribution in [0.4, 0.5) is 17.1 Å². The predicted octanol–water partition coefficient (Wildman–Crippen LogP) is 2.55. The van der Waals surface area contributed by atoms with Crippen LogP contribution in [0.2, 0.25) is 0 Å². The zero-order valence-corrected chi connectivity index (χ0v) is 10.4. The van der Waals surface area contributed by atoms with Crippen LogP contribution in [0.3, 0.4) is 0 Å². The molecule has 0 spiro atoms. The van der Waals surface area contributed by atoms with Gasteiger partial charge in [0.05, 0.1) is 11.4 Å². The molecule has 1 aliphatic heterocycles. The second-order valence-corrected chi connectivity index (χ2v) is 6.28. The Hall–Kier alpha value is -1.03. The minimum Gasteiger partial charge on any atom is -0.397 e. The molecule has 1 aromatic carbocycles. The number of nitrogens with one attached hydrogen (secondary N) is 1. The van der Waals surface area contributed by atoms with E-state index in [1.165, 1.54) is 18.6 Å². The molecule has 0 aromatic heterocycles. The van der Waals surface area contributed by atoms with Crippen molar-refractivity contribution in [1.82, 2.24) is 0 Å². The molecule has 1 heterocycles. The first-order valence-electron chi connectivity index (χ1n) is 5.62. The van der Waals surface area contributed by atoms with Gasteiger partial charge in [-0.15, -0.1) is 0 Å². The first-order valence-corrected chi connectivity index (χ1v) is 6.60. The molecule has 5 N–H and O–H groups in total. The second kappa shape index (κ2) is 4.45. The Morgan fingerprint density at radius 3 is 2.81 bits per heavy atom. The van der Waals surface area contributed by atoms with Crippen molar-refractivity contribution < 1.29 is 0 Å². The average Bonchev–Trinajstić information content (AvgIpc) is 2.68. The van der Waals surface area contributed by atoms with Crippen LogP contribution in [0.25, 0.3) is 0 Å². The Kier molecular flexibility index (Phi) is 3.19. The van der Waals surface area contributed by atoms with E-state index >= 15 is 0 Å². The Morgan fingerprint density at radius 2 is 2.19 bits per heavy atom. The Morgan fingerprint density at radius 1 is 1.38 bits per heavy atom. The topological polar surface area (TPSA) is 64.1 Å². The van der Waals surface area contributed by atoms with Crippen molar-refractivity contribution >= 4 is 28.8 Å². The van der Waals surface area contributed by atoms with Crippen molar-refractivity contribution in [1.29, 1.82) is 0 Å². The lowest BCUT2D eigenvalue weighted by molar-refractivity contribution is 0.635. The van der Waals surface area contributed by atoms with Gasteiger partial charge in [-0.05, 0) is 43.7 Å². The van der Waals surface area contributed by atoms with Crippen molar-refractivity contribution in [2.45, 2.75) is 24.5 Å². The highest BCUT2D eigenvalue weighted by atomic mass is 32.2. The van der Waals surface area contributed by atoms with E-state index in [9.17, 15) is 0 Å². The molecule has 1 fully saturated rings. The minimum absolute atomic E-state index is 0.371. The summed E-state index contributed by atoms with van der Waals surface area (Å²) in [5, 5.41) is 3.44. The van der Waals surface area contributed by atoms with Gasteiger partial charge in [0.25, 0.3) is 0 Å². The monoisotopic (exact) mass is 237 g/mol. The van der Waals surface area contributed by atoms with Crippen LogP contribution in [0.5, 0.6) is 0 Å². The smallest absolute Gasteiger partial charge is 0.0568 e. The second-order valence-electron chi connectivity index (χ2n) is 4.60. The highest BCUT2D eigenvalue weighted by molar-refractivity contribution is 8.00. The van der Waals surface area contributed by atoms with Crippen LogP contribution in [0.1, 0.15) is 19.8 Å². The van der Waals surface area contributed by atoms with E-state index < -0.39 is 0 Å². The first kappa shape index (κ1) is 11.5. The molecule has 4 heteroatoms. The first-order chi connectivity index (χ1) is 7.59. The minimum atomic E-state index is 0.371. The van der Waals surface area contributed by atoms with E-state index in [2.05, 4.69) is 24.0 Å². The zero-order chi connectivity index (χ0) is 11.6. The van der Waals surface area contributed by atoms with Gasteiger partial charge < -0.3 is 16.8 Å². The summed E-state index contributed by atoms with van der Waals surface area (Å²) in [6.45, 7) is 3.30. The van der Waals surface area contributed by atoms with E-state index in [4.69, 9.17) is 11.5 Å². The molecule has 16 heavy (non-hydrogen) atoms. The summed E-state index contributed by atoms with van der Waals surface area (Å²) in [5.74, 6) is 1.28. The highest BCUT2D eigenvalue weighted by Gasteiger charge is 2.28. The van der Waals surface area contributed by atoms with Gasteiger partial charge in [0.2, 0.25) is 0 Å². The third-order valence-electron chi connectivity index (χ3n) is 3.05. The number of nitrogens with two attached hydrogens (primary N) is 2. The molecular weight excluding hydrogens is 218 g/mol. The fourth-order valence-corrected chi connectivity index (χ4v) is 3.19. The summed E-state index contributed by atoms with van der Waals surface area (Å²) in [6, 6.07) is 5.73. The van der Waals surface area contributed by atoms with Gasteiger partial charge in [0.15, 0.2) is 0 Å². The molecule has 0 amide bonds. The van der Waals surface area contributed by atoms with Crippen molar-refractivity contribution in [2.24, 2.45) is 0 Å². The molecule has 0 saturated carbocycles. The average molecular weight is 237 g/mol. The molecule has 1 aromatic rings. The molecule has 0 bridgehead atoms. The van der Waals surface area contributed by atoms with Crippen LogP contribution >= 0.6 is 11.8 Å². The lowest BCUT2D eigenvalue weighted by Crippen LogP contribution is -2.27. The lowest BCUT2D eigenvalue weighted by atomic mass is 10.1. The van der Waals surface area contributed by atoms with Gasteiger partial charge in [-0.3, -0.25) is 0 Å². The summed E-state index contributed by atoms with van der Waals surface area (Å²) in [5.41, 5.74) is 13.8. The molecule has 1 aliphatic rings. The Labute approximate surface area is 101 Å². The highest BCUT2D eigenvalue weighted by Crippen LogP contribution is 2.37. The van der Waals surface area contributed by atoms with Gasteiger partial charge in [-0.1, -0.05) is 0 Å². The van der Waals surface area contributed by atoms with Crippen molar-refractivity contribution in [2.75, 3.05) is 29.1 Å². The van der Waals surface area contributed by atoms with Crippen LogP contribution in [0.15, 0.2) is 18.2 Å². The molecule has 2 rings (SSSR count). The maximum Gasteiger partial charge on any atom is 0.0568 e. The molecule has 1 saturated heterocycles. The van der Waals surface area contributed by atoms with Crippen LogP contribution in [-0.4, -0.2) is 17.0 Å². The van der Waals surface area contributed by atoms with E-state index in [0.717, 1.165) is 12.2 Å². The number of nitrogen functional groups attached to an aromatic ring is 2. The van der Waals surface area contributed by atoms with Gasteiger partial charge >= 0.3 is 0 Å². The van der Waals surface area contributed by atoms with E-state index in [0.29, 0.717) is 16.1 Å².